The molecule has 0 aromatic heterocycles. The highest BCUT2D eigenvalue weighted by Gasteiger charge is 2.40. The van der Waals surface area contributed by atoms with Crippen LogP contribution < -0.4 is 4.74 Å². The third-order valence-electron chi connectivity index (χ3n) is 3.43. The van der Waals surface area contributed by atoms with Crippen molar-refractivity contribution in [2.75, 3.05) is 31.3 Å². The van der Waals surface area contributed by atoms with Gasteiger partial charge < -0.3 is 9.47 Å². The van der Waals surface area contributed by atoms with E-state index in [4.69, 9.17) is 9.47 Å². The van der Waals surface area contributed by atoms with Crippen LogP contribution in [0.1, 0.15) is 13.8 Å². The van der Waals surface area contributed by atoms with Crippen molar-refractivity contribution in [1.82, 2.24) is 4.31 Å². The molecule has 1 fully saturated rings. The molecule has 1 aliphatic rings. The predicted molar refractivity (Wildman–Crippen MR) is 96.9 cm³/mol. The summed E-state index contributed by atoms with van der Waals surface area (Å²) in [5.41, 5.74) is 0. The van der Waals surface area contributed by atoms with Gasteiger partial charge in [-0.15, -0.1) is 0 Å². The van der Waals surface area contributed by atoms with Crippen molar-refractivity contribution in [2.45, 2.75) is 24.8 Å². The Morgan fingerprint density at radius 2 is 2.12 bits per heavy atom. The molecule has 0 aliphatic carbocycles. The second kappa shape index (κ2) is 8.55. The van der Waals surface area contributed by atoms with Crippen LogP contribution in [0, 0.1) is 0 Å². The van der Waals surface area contributed by atoms with Crippen LogP contribution in [-0.4, -0.2) is 56.0 Å². The maximum absolute atomic E-state index is 13.2. The van der Waals surface area contributed by atoms with Crippen LogP contribution >= 0.6 is 27.7 Å². The van der Waals surface area contributed by atoms with E-state index in [1.54, 1.807) is 37.7 Å². The van der Waals surface area contributed by atoms with Gasteiger partial charge in [0.05, 0.1) is 13.2 Å². The van der Waals surface area contributed by atoms with Gasteiger partial charge in [0.1, 0.15) is 16.7 Å². The Balaban J connectivity index is 2.44. The summed E-state index contributed by atoms with van der Waals surface area (Å²) in [5, 5.41) is 0. The van der Waals surface area contributed by atoms with Gasteiger partial charge in [-0.25, -0.2) is 8.42 Å². The van der Waals surface area contributed by atoms with Gasteiger partial charge in [0.25, 0.3) is 0 Å². The van der Waals surface area contributed by atoms with Gasteiger partial charge in [-0.2, -0.15) is 16.1 Å². The smallest absolute Gasteiger partial charge is 0.325 e. The van der Waals surface area contributed by atoms with Crippen molar-refractivity contribution in [3.63, 3.8) is 0 Å². The van der Waals surface area contributed by atoms with Gasteiger partial charge in [-0.1, -0.05) is 15.9 Å². The number of sulfonamides is 1. The molecule has 2 rings (SSSR count). The summed E-state index contributed by atoms with van der Waals surface area (Å²) in [5.74, 6) is 0.783. The van der Waals surface area contributed by atoms with E-state index in [9.17, 15) is 13.2 Å². The summed E-state index contributed by atoms with van der Waals surface area (Å²) < 4.78 is 38.7. The highest BCUT2D eigenvalue weighted by atomic mass is 79.9. The molecule has 134 valence electrons. The molecule has 0 unspecified atom stereocenters. The number of hydrogen-bond acceptors (Lipinski definition) is 6. The van der Waals surface area contributed by atoms with Crippen LogP contribution in [0.5, 0.6) is 5.75 Å². The lowest BCUT2D eigenvalue weighted by Gasteiger charge is -2.33. The molecule has 0 N–H and O–H groups in total. The molecule has 1 aromatic rings. The summed E-state index contributed by atoms with van der Waals surface area (Å²) in [6.07, 6.45) is 0. The molecule has 24 heavy (non-hydrogen) atoms. The maximum atomic E-state index is 13.2. The van der Waals surface area contributed by atoms with Crippen molar-refractivity contribution in [3.8, 4) is 5.75 Å². The fraction of sp³-hybridized carbons (Fsp3) is 0.533. The lowest BCUT2D eigenvalue weighted by Crippen LogP contribution is -2.50. The minimum atomic E-state index is -3.89. The summed E-state index contributed by atoms with van der Waals surface area (Å²) in [6, 6.07) is 4.02. The molecule has 9 heteroatoms. The molecule has 0 amide bonds. The molecule has 0 bridgehead atoms. The highest BCUT2D eigenvalue weighted by Crippen LogP contribution is 2.33. The number of rotatable bonds is 6. The van der Waals surface area contributed by atoms with Gasteiger partial charge in [0.2, 0.25) is 10.0 Å². The number of nitrogens with zero attached hydrogens (tertiary/aromatic N) is 1. The van der Waals surface area contributed by atoms with Gasteiger partial charge in [0, 0.05) is 22.5 Å². The average molecular weight is 438 g/mol. The fourth-order valence-electron chi connectivity index (χ4n) is 2.38. The van der Waals surface area contributed by atoms with E-state index in [-0.39, 0.29) is 23.8 Å². The first-order valence-corrected chi connectivity index (χ1v) is 11.0. The monoisotopic (exact) mass is 437 g/mol. The first-order valence-electron chi connectivity index (χ1n) is 7.60. The van der Waals surface area contributed by atoms with E-state index in [2.05, 4.69) is 15.9 Å². The lowest BCUT2D eigenvalue weighted by atomic mass is 10.3. The standard InChI is InChI=1S/C15H20BrNO5S2/c1-3-21-13-6-5-11(16)9-14(13)24(19,20)17-7-8-23-10-12(17)15(18)22-4-2/h5-6,9,12H,3-4,7-8,10H2,1-2H3/t12-/m1/s1. The third-order valence-corrected chi connectivity index (χ3v) is 6.88. The van der Waals surface area contributed by atoms with Crippen LogP contribution in [-0.2, 0) is 19.6 Å². The van der Waals surface area contributed by atoms with Crippen molar-refractivity contribution in [3.05, 3.63) is 22.7 Å². The van der Waals surface area contributed by atoms with Gasteiger partial charge in [-0.3, -0.25) is 4.79 Å². The number of benzene rings is 1. The molecule has 6 nitrogen and oxygen atoms in total. The minimum Gasteiger partial charge on any atom is -0.492 e. The largest absolute Gasteiger partial charge is 0.492 e. The Kier molecular flexibility index (Phi) is 6.97. The molecule has 1 aliphatic heterocycles. The molecule has 0 spiro atoms. The number of hydrogen-bond donors (Lipinski definition) is 0. The minimum absolute atomic E-state index is 0.0555. The molecule has 1 heterocycles. The SMILES string of the molecule is CCOC(=O)[C@H]1CSCCN1S(=O)(=O)c1cc(Br)ccc1OCC. The molecule has 1 atom stereocenters. The summed E-state index contributed by atoms with van der Waals surface area (Å²) in [4.78, 5) is 12.2. The highest BCUT2D eigenvalue weighted by molar-refractivity contribution is 9.10. The van der Waals surface area contributed by atoms with Crippen LogP contribution in [0.25, 0.3) is 0 Å². The molecular weight excluding hydrogens is 418 g/mol. The Labute approximate surface area is 155 Å². The molecular formula is C15H20BrNO5S2. The number of carbonyl (C=O) groups excluding carboxylic acids is 1. The van der Waals surface area contributed by atoms with Crippen molar-refractivity contribution in [1.29, 1.82) is 0 Å². The maximum Gasteiger partial charge on any atom is 0.325 e. The summed E-state index contributed by atoms with van der Waals surface area (Å²) in [6.45, 7) is 4.32. The fourth-order valence-corrected chi connectivity index (χ4v) is 5.88. The van der Waals surface area contributed by atoms with Crippen LogP contribution in [0.15, 0.2) is 27.6 Å². The molecule has 1 aromatic carbocycles. The van der Waals surface area contributed by atoms with Crippen molar-refractivity contribution in [2.24, 2.45) is 0 Å². The molecule has 1 saturated heterocycles. The van der Waals surface area contributed by atoms with E-state index in [1.807, 2.05) is 0 Å². The van der Waals surface area contributed by atoms with Crippen LogP contribution in [0.3, 0.4) is 0 Å². The summed E-state index contributed by atoms with van der Waals surface area (Å²) in [7, 11) is -3.89. The first kappa shape index (κ1) is 19.6. The number of carbonyl (C=O) groups is 1. The second-order valence-electron chi connectivity index (χ2n) is 4.98. The van der Waals surface area contributed by atoms with E-state index in [0.29, 0.717) is 22.6 Å². The van der Waals surface area contributed by atoms with Crippen molar-refractivity contribution < 1.29 is 22.7 Å². The third kappa shape index (κ3) is 4.25. The normalized spacial score (nSPS) is 19.0. The number of thioether (sulfide) groups is 1. The van der Waals surface area contributed by atoms with Gasteiger partial charge in [0.15, 0.2) is 0 Å². The quantitative estimate of drug-likeness (QED) is 0.636. The predicted octanol–water partition coefficient (Wildman–Crippen LogP) is 2.52. The number of ether oxygens (including phenoxy) is 2. The van der Waals surface area contributed by atoms with Crippen LogP contribution in [0.2, 0.25) is 0 Å². The van der Waals surface area contributed by atoms with Gasteiger partial charge >= 0.3 is 5.97 Å². The van der Waals surface area contributed by atoms with Crippen LogP contribution in [0.4, 0.5) is 0 Å². The molecule has 0 radical (unpaired) electrons. The zero-order valence-corrected chi connectivity index (χ0v) is 16.7. The Hall–Kier alpha value is -0.770. The Morgan fingerprint density at radius 3 is 2.79 bits per heavy atom. The van der Waals surface area contributed by atoms with E-state index >= 15 is 0 Å². The summed E-state index contributed by atoms with van der Waals surface area (Å²) >= 11 is 4.84. The van der Waals surface area contributed by atoms with E-state index in [1.165, 1.54) is 10.4 Å². The second-order valence-corrected chi connectivity index (χ2v) is 8.91. The van der Waals surface area contributed by atoms with Crippen molar-refractivity contribution >= 4 is 43.7 Å². The van der Waals surface area contributed by atoms with E-state index < -0.39 is 22.0 Å². The topological polar surface area (TPSA) is 72.9 Å². The van der Waals surface area contributed by atoms with Gasteiger partial charge in [-0.05, 0) is 32.0 Å². The average Bonchev–Trinajstić information content (AvgIpc) is 2.57. The van der Waals surface area contributed by atoms with E-state index in [0.717, 1.165) is 0 Å². The Bertz CT molecular complexity index is 695. The zero-order chi connectivity index (χ0) is 17.7. The number of halogens is 1. The Morgan fingerprint density at radius 1 is 1.38 bits per heavy atom. The lowest BCUT2D eigenvalue weighted by molar-refractivity contribution is -0.146. The zero-order valence-electron chi connectivity index (χ0n) is 13.5. The molecule has 0 saturated carbocycles. The first-order chi connectivity index (χ1) is 11.4. The number of esters is 1.